The highest BCUT2D eigenvalue weighted by atomic mass is 32.2. The number of hydrogen-bond donors (Lipinski definition) is 1. The topological polar surface area (TPSA) is 73.2 Å². The van der Waals surface area contributed by atoms with Crippen molar-refractivity contribution in [3.63, 3.8) is 0 Å². The highest BCUT2D eigenvalue weighted by Gasteiger charge is 2.41. The number of para-hydroxylation sites is 1. The number of anilines is 2. The zero-order valence-electron chi connectivity index (χ0n) is 20.0. The Balaban J connectivity index is 1.75. The zero-order chi connectivity index (χ0) is 24.9. The number of thioether (sulfide) groups is 1. The first-order valence-electron chi connectivity index (χ1n) is 11.6. The Morgan fingerprint density at radius 3 is 2.29 bits per heavy atom. The number of aryl methyl sites for hydroxylation is 3. The van der Waals surface area contributed by atoms with Crippen LogP contribution >= 0.6 is 11.8 Å². The van der Waals surface area contributed by atoms with Crippen LogP contribution in [0.2, 0.25) is 0 Å². The molecule has 1 N–H and O–H groups in total. The second-order valence-corrected chi connectivity index (χ2v) is 9.68. The molecule has 35 heavy (non-hydrogen) atoms. The van der Waals surface area contributed by atoms with Gasteiger partial charge in [0.05, 0.1) is 5.25 Å². The summed E-state index contributed by atoms with van der Waals surface area (Å²) in [5.74, 6) is -0.655. The van der Waals surface area contributed by atoms with Crippen LogP contribution in [-0.2, 0) is 22.4 Å². The van der Waals surface area contributed by atoms with E-state index in [1.165, 1.54) is 16.7 Å². The summed E-state index contributed by atoms with van der Waals surface area (Å²) in [4.78, 5) is 28.4. The zero-order valence-corrected chi connectivity index (χ0v) is 20.9. The summed E-state index contributed by atoms with van der Waals surface area (Å²) in [6.45, 7) is 5.98. The maximum Gasteiger partial charge on any atom is 0.269 e. The molecule has 1 saturated heterocycles. The average Bonchev–Trinajstić information content (AvgIpc) is 3.18. The van der Waals surface area contributed by atoms with Gasteiger partial charge in [-0.15, -0.1) is 0 Å². The third-order valence-corrected chi connectivity index (χ3v) is 7.43. The van der Waals surface area contributed by atoms with Crippen LogP contribution in [0.4, 0.5) is 11.4 Å². The van der Waals surface area contributed by atoms with Gasteiger partial charge >= 0.3 is 0 Å². The van der Waals surface area contributed by atoms with Gasteiger partial charge in [0.15, 0.2) is 0 Å². The fourth-order valence-electron chi connectivity index (χ4n) is 4.04. The minimum Gasteiger partial charge on any atom is -0.321 e. The largest absolute Gasteiger partial charge is 0.321 e. The van der Waals surface area contributed by atoms with Crippen molar-refractivity contribution in [3.8, 4) is 6.07 Å². The van der Waals surface area contributed by atoms with Gasteiger partial charge < -0.3 is 5.32 Å². The molecule has 1 aliphatic heterocycles. The van der Waals surface area contributed by atoms with E-state index in [-0.39, 0.29) is 11.5 Å². The van der Waals surface area contributed by atoms with Crippen LogP contribution in [-0.4, -0.2) is 17.1 Å². The number of amides is 2. The first-order valence-corrected chi connectivity index (χ1v) is 12.5. The molecule has 3 aromatic carbocycles. The van der Waals surface area contributed by atoms with Gasteiger partial charge in [-0.2, -0.15) is 5.26 Å². The molecule has 2 amide bonds. The number of nitrogens with one attached hydrogen (secondary N) is 1. The Hall–Kier alpha value is -3.82. The lowest BCUT2D eigenvalue weighted by Crippen LogP contribution is -2.31. The van der Waals surface area contributed by atoms with Crippen LogP contribution in [0.5, 0.6) is 0 Å². The Morgan fingerprint density at radius 2 is 1.66 bits per heavy atom. The monoisotopic (exact) mass is 481 g/mol. The Labute approximate surface area is 210 Å². The summed E-state index contributed by atoms with van der Waals surface area (Å²) >= 11 is 1.28. The molecular formula is C29H27N3O2S. The van der Waals surface area contributed by atoms with E-state index in [0.717, 1.165) is 28.7 Å². The number of carbonyl (C=O) groups is 2. The predicted octanol–water partition coefficient (Wildman–Crippen LogP) is 5.93. The van der Waals surface area contributed by atoms with Crippen molar-refractivity contribution in [2.24, 2.45) is 0 Å². The molecule has 3 aromatic rings. The summed E-state index contributed by atoms with van der Waals surface area (Å²) in [5.41, 5.74) is 5.43. The number of carbonyl (C=O) groups excluding carboxylic acids is 2. The molecule has 5 nitrogen and oxygen atoms in total. The van der Waals surface area contributed by atoms with Crippen molar-refractivity contribution in [3.05, 3.63) is 106 Å². The van der Waals surface area contributed by atoms with E-state index in [9.17, 15) is 14.9 Å². The standard InChI is InChI=1S/C29H27N3O2S/c1-4-21-13-15-23(16-14-21)32-28(34)26(17-22-11-7-5-9-19(22)2)35-29(32)24(18-30)27(33)31-25-12-8-6-10-20(25)3/h5-16,26H,4,17H2,1-3H3,(H,31,33)/b29-24-. The third-order valence-electron chi connectivity index (χ3n) is 6.17. The fraction of sp³-hybridized carbons (Fsp3) is 0.207. The molecule has 176 valence electrons. The third kappa shape index (κ3) is 5.16. The smallest absolute Gasteiger partial charge is 0.269 e. The van der Waals surface area contributed by atoms with Gasteiger partial charge in [0.2, 0.25) is 5.91 Å². The van der Waals surface area contributed by atoms with Gasteiger partial charge in [0, 0.05) is 11.4 Å². The molecular weight excluding hydrogens is 454 g/mol. The molecule has 1 atom stereocenters. The first-order chi connectivity index (χ1) is 16.9. The van der Waals surface area contributed by atoms with Crippen LogP contribution in [0, 0.1) is 25.2 Å². The normalized spacial score (nSPS) is 16.7. The molecule has 1 heterocycles. The minimum atomic E-state index is -0.524. The van der Waals surface area contributed by atoms with Crippen molar-refractivity contribution >= 4 is 35.0 Å². The van der Waals surface area contributed by atoms with Crippen molar-refractivity contribution < 1.29 is 9.59 Å². The van der Waals surface area contributed by atoms with Crippen LogP contribution in [0.25, 0.3) is 0 Å². The maximum atomic E-state index is 13.7. The molecule has 0 saturated carbocycles. The molecule has 1 aliphatic rings. The summed E-state index contributed by atoms with van der Waals surface area (Å²) < 4.78 is 0. The Bertz CT molecular complexity index is 1340. The van der Waals surface area contributed by atoms with Gasteiger partial charge in [-0.25, -0.2) is 0 Å². The van der Waals surface area contributed by atoms with E-state index in [1.54, 1.807) is 6.07 Å². The first kappa shape index (κ1) is 24.3. The molecule has 4 rings (SSSR count). The van der Waals surface area contributed by atoms with Crippen LogP contribution < -0.4 is 10.2 Å². The van der Waals surface area contributed by atoms with Gasteiger partial charge in [0.1, 0.15) is 16.7 Å². The van der Waals surface area contributed by atoms with Crippen LogP contribution in [0.1, 0.15) is 29.2 Å². The maximum absolute atomic E-state index is 13.7. The van der Waals surface area contributed by atoms with E-state index in [1.807, 2.05) is 80.6 Å². The van der Waals surface area contributed by atoms with Crippen LogP contribution in [0.3, 0.4) is 0 Å². The molecule has 0 spiro atoms. The van der Waals surface area contributed by atoms with E-state index in [0.29, 0.717) is 22.8 Å². The summed E-state index contributed by atoms with van der Waals surface area (Å²) in [6, 6.07) is 25.1. The predicted molar refractivity (Wildman–Crippen MR) is 142 cm³/mol. The summed E-state index contributed by atoms with van der Waals surface area (Å²) in [6.07, 6.45) is 1.39. The van der Waals surface area contributed by atoms with E-state index in [2.05, 4.69) is 18.3 Å². The Morgan fingerprint density at radius 1 is 1.00 bits per heavy atom. The Kier molecular flexibility index (Phi) is 7.38. The second kappa shape index (κ2) is 10.6. The average molecular weight is 482 g/mol. The lowest BCUT2D eigenvalue weighted by atomic mass is 10.0. The molecule has 6 heteroatoms. The van der Waals surface area contributed by atoms with Gasteiger partial charge in [-0.3, -0.25) is 14.5 Å². The summed E-state index contributed by atoms with van der Waals surface area (Å²) in [5, 5.41) is 12.8. The molecule has 1 unspecified atom stereocenters. The van der Waals surface area contributed by atoms with Gasteiger partial charge in [-0.1, -0.05) is 73.3 Å². The quantitative estimate of drug-likeness (QED) is 0.350. The fourth-order valence-corrected chi connectivity index (χ4v) is 5.33. The number of nitrogens with zero attached hydrogens (tertiary/aromatic N) is 2. The highest BCUT2D eigenvalue weighted by Crippen LogP contribution is 2.42. The highest BCUT2D eigenvalue weighted by molar-refractivity contribution is 8.05. The van der Waals surface area contributed by atoms with Crippen molar-refractivity contribution in [1.82, 2.24) is 0 Å². The molecule has 0 aromatic heterocycles. The second-order valence-electron chi connectivity index (χ2n) is 8.49. The summed E-state index contributed by atoms with van der Waals surface area (Å²) in [7, 11) is 0. The number of hydrogen-bond acceptors (Lipinski definition) is 4. The molecule has 1 fully saturated rings. The lowest BCUT2D eigenvalue weighted by Gasteiger charge is -2.19. The van der Waals surface area contributed by atoms with E-state index < -0.39 is 11.2 Å². The minimum absolute atomic E-state index is 0.0709. The van der Waals surface area contributed by atoms with E-state index >= 15 is 0 Å². The van der Waals surface area contributed by atoms with Crippen LogP contribution in [0.15, 0.2) is 83.4 Å². The molecule has 0 aliphatic carbocycles. The molecule has 0 radical (unpaired) electrons. The van der Waals surface area contributed by atoms with E-state index in [4.69, 9.17) is 0 Å². The van der Waals surface area contributed by atoms with Crippen molar-refractivity contribution in [2.45, 2.75) is 38.9 Å². The van der Waals surface area contributed by atoms with Crippen molar-refractivity contribution in [1.29, 1.82) is 5.26 Å². The van der Waals surface area contributed by atoms with Gasteiger partial charge in [-0.05, 0) is 67.1 Å². The lowest BCUT2D eigenvalue weighted by molar-refractivity contribution is -0.117. The SMILES string of the molecule is CCc1ccc(N2C(=O)C(Cc3ccccc3C)S/C2=C(/C#N)C(=O)Nc2ccccc2C)cc1. The molecule has 0 bridgehead atoms. The number of rotatable bonds is 6. The number of nitriles is 1. The van der Waals surface area contributed by atoms with Gasteiger partial charge in [0.25, 0.3) is 5.91 Å². The number of benzene rings is 3. The van der Waals surface area contributed by atoms with Crippen molar-refractivity contribution in [2.75, 3.05) is 10.2 Å².